The molecule has 0 saturated carbocycles. The van der Waals surface area contributed by atoms with Crippen LogP contribution < -0.4 is 0 Å². The average Bonchev–Trinajstić information content (AvgIpc) is 2.56. The molecule has 0 radical (unpaired) electrons. The molecule has 0 aromatic heterocycles. The molecule has 0 aliphatic heterocycles. The van der Waals surface area contributed by atoms with E-state index in [4.69, 9.17) is 0 Å². The van der Waals surface area contributed by atoms with Gasteiger partial charge in [-0.05, 0) is 55.4 Å². The highest BCUT2D eigenvalue weighted by atomic mass is 16.4. The predicted octanol–water partition coefficient (Wildman–Crippen LogP) is 5.10. The number of carboxylic acid groups (broad SMARTS) is 1. The number of aliphatic carboxylic acids is 1. The van der Waals surface area contributed by atoms with Crippen molar-refractivity contribution in [2.24, 2.45) is 5.92 Å². The highest BCUT2D eigenvalue weighted by Crippen LogP contribution is 2.40. The van der Waals surface area contributed by atoms with Gasteiger partial charge in [0.1, 0.15) is 0 Å². The van der Waals surface area contributed by atoms with Crippen LogP contribution in [-0.4, -0.2) is 11.1 Å². The first kappa shape index (κ1) is 15.5. The summed E-state index contributed by atoms with van der Waals surface area (Å²) in [6.07, 6.45) is 2.15. The first-order valence-electron chi connectivity index (χ1n) is 8.13. The smallest absolute Gasteiger partial charge is 0.306 e. The quantitative estimate of drug-likeness (QED) is 0.856. The molecule has 0 fully saturated rings. The molecule has 2 aromatic carbocycles. The molecule has 3 rings (SSSR count). The van der Waals surface area contributed by atoms with Gasteiger partial charge in [0, 0.05) is 0 Å². The Hall–Kier alpha value is -2.35. The van der Waals surface area contributed by atoms with Crippen LogP contribution in [-0.2, 0) is 4.79 Å². The van der Waals surface area contributed by atoms with Gasteiger partial charge in [-0.1, -0.05) is 59.7 Å². The van der Waals surface area contributed by atoms with E-state index in [2.05, 4.69) is 62.4 Å². The second-order valence-electron chi connectivity index (χ2n) is 6.47. The summed E-state index contributed by atoms with van der Waals surface area (Å²) in [5.74, 6) is -0.960. The number of benzene rings is 2. The van der Waals surface area contributed by atoms with Crippen LogP contribution in [0.15, 0.2) is 48.5 Å². The van der Waals surface area contributed by atoms with Crippen LogP contribution in [0.25, 0.3) is 11.1 Å². The molecule has 0 bridgehead atoms. The molecule has 1 unspecified atom stereocenters. The second-order valence-corrected chi connectivity index (χ2v) is 6.47. The first-order valence-corrected chi connectivity index (χ1v) is 8.13. The Bertz CT molecular complexity index is 736. The normalized spacial score (nSPS) is 18.1. The first-order chi connectivity index (χ1) is 11.0. The van der Waals surface area contributed by atoms with Gasteiger partial charge < -0.3 is 5.11 Å². The van der Waals surface area contributed by atoms with E-state index >= 15 is 0 Å². The monoisotopic (exact) mass is 306 g/mol. The third-order valence-corrected chi connectivity index (χ3v) is 4.71. The van der Waals surface area contributed by atoms with E-state index in [0.717, 1.165) is 12.0 Å². The van der Waals surface area contributed by atoms with Crippen LogP contribution in [0.2, 0.25) is 0 Å². The Morgan fingerprint density at radius 2 is 1.35 bits per heavy atom. The van der Waals surface area contributed by atoms with Gasteiger partial charge in [0.05, 0.1) is 5.92 Å². The highest BCUT2D eigenvalue weighted by molar-refractivity contribution is 5.93. The summed E-state index contributed by atoms with van der Waals surface area (Å²) in [6.45, 7) is 4.15. The van der Waals surface area contributed by atoms with Crippen LogP contribution in [0.5, 0.6) is 0 Å². The van der Waals surface area contributed by atoms with Gasteiger partial charge in [-0.15, -0.1) is 0 Å². The molecular weight excluding hydrogens is 284 g/mol. The predicted molar refractivity (Wildman–Crippen MR) is 94.1 cm³/mol. The number of aryl methyl sites for hydroxylation is 2. The zero-order valence-corrected chi connectivity index (χ0v) is 13.7. The van der Waals surface area contributed by atoms with E-state index in [1.165, 1.54) is 27.8 Å². The standard InChI is InChI=1S/C21H22O2/c1-14-3-7-16(8-4-14)19-12-11-18(21(22)23)13-20(19)17-9-5-15(2)6-10-17/h3-10,18H,11-13H2,1-2H3,(H,22,23). The molecule has 2 heteroatoms. The summed E-state index contributed by atoms with van der Waals surface area (Å²) < 4.78 is 0. The topological polar surface area (TPSA) is 37.3 Å². The molecule has 1 aliphatic rings. The van der Waals surface area contributed by atoms with Gasteiger partial charge in [0.2, 0.25) is 0 Å². The lowest BCUT2D eigenvalue weighted by molar-refractivity contribution is -0.141. The van der Waals surface area contributed by atoms with Crippen LogP contribution in [0.1, 0.15) is 41.5 Å². The Kier molecular flexibility index (Phi) is 4.33. The van der Waals surface area contributed by atoms with E-state index in [1.54, 1.807) is 0 Å². The van der Waals surface area contributed by atoms with Gasteiger partial charge in [-0.3, -0.25) is 4.79 Å². The third-order valence-electron chi connectivity index (χ3n) is 4.71. The molecule has 0 amide bonds. The molecule has 2 aromatic rings. The maximum absolute atomic E-state index is 11.5. The van der Waals surface area contributed by atoms with Crippen molar-refractivity contribution in [3.05, 3.63) is 70.8 Å². The molecular formula is C21H22O2. The largest absolute Gasteiger partial charge is 0.481 e. The Labute approximate surface area is 137 Å². The number of carbonyl (C=O) groups is 1. The van der Waals surface area contributed by atoms with E-state index in [-0.39, 0.29) is 5.92 Å². The van der Waals surface area contributed by atoms with Gasteiger partial charge in [0.25, 0.3) is 0 Å². The van der Waals surface area contributed by atoms with E-state index in [0.29, 0.717) is 12.8 Å². The number of allylic oxidation sites excluding steroid dienone is 2. The molecule has 1 N–H and O–H groups in total. The van der Waals surface area contributed by atoms with Crippen molar-refractivity contribution in [3.8, 4) is 0 Å². The third kappa shape index (κ3) is 3.37. The zero-order valence-electron chi connectivity index (χ0n) is 13.7. The molecule has 2 nitrogen and oxygen atoms in total. The molecule has 0 heterocycles. The summed E-state index contributed by atoms with van der Waals surface area (Å²) >= 11 is 0. The summed E-state index contributed by atoms with van der Waals surface area (Å²) in [4.78, 5) is 11.5. The fourth-order valence-electron chi connectivity index (χ4n) is 3.27. The van der Waals surface area contributed by atoms with E-state index in [1.807, 2.05) is 0 Å². The van der Waals surface area contributed by atoms with Crippen molar-refractivity contribution in [2.45, 2.75) is 33.1 Å². The molecule has 1 aliphatic carbocycles. The van der Waals surface area contributed by atoms with Crippen molar-refractivity contribution in [1.29, 1.82) is 0 Å². The summed E-state index contributed by atoms with van der Waals surface area (Å²) in [5.41, 5.74) is 7.31. The SMILES string of the molecule is Cc1ccc(C2=C(c3ccc(C)cc3)CC(C(=O)O)CC2)cc1. The van der Waals surface area contributed by atoms with Gasteiger partial charge in [-0.25, -0.2) is 0 Å². The Morgan fingerprint density at radius 1 is 0.870 bits per heavy atom. The maximum atomic E-state index is 11.5. The molecule has 0 saturated heterocycles. The van der Waals surface area contributed by atoms with Crippen LogP contribution in [0.3, 0.4) is 0 Å². The van der Waals surface area contributed by atoms with Crippen molar-refractivity contribution < 1.29 is 9.90 Å². The fraction of sp³-hybridized carbons (Fsp3) is 0.286. The minimum absolute atomic E-state index is 0.277. The van der Waals surface area contributed by atoms with Crippen molar-refractivity contribution in [2.75, 3.05) is 0 Å². The molecule has 118 valence electrons. The van der Waals surface area contributed by atoms with Gasteiger partial charge in [-0.2, -0.15) is 0 Å². The van der Waals surface area contributed by atoms with Crippen molar-refractivity contribution in [1.82, 2.24) is 0 Å². The summed E-state index contributed by atoms with van der Waals surface area (Å²) in [5, 5.41) is 9.42. The zero-order chi connectivity index (χ0) is 16.4. The minimum Gasteiger partial charge on any atom is -0.481 e. The highest BCUT2D eigenvalue weighted by Gasteiger charge is 2.27. The molecule has 1 atom stereocenters. The number of hydrogen-bond donors (Lipinski definition) is 1. The van der Waals surface area contributed by atoms with Crippen LogP contribution in [0, 0.1) is 19.8 Å². The fourth-order valence-corrected chi connectivity index (χ4v) is 3.27. The van der Waals surface area contributed by atoms with Gasteiger partial charge >= 0.3 is 5.97 Å². The molecule has 23 heavy (non-hydrogen) atoms. The van der Waals surface area contributed by atoms with E-state index < -0.39 is 5.97 Å². The number of rotatable bonds is 3. The summed E-state index contributed by atoms with van der Waals surface area (Å²) in [6, 6.07) is 17.0. The number of carboxylic acids is 1. The molecule has 0 spiro atoms. The number of hydrogen-bond acceptors (Lipinski definition) is 1. The summed E-state index contributed by atoms with van der Waals surface area (Å²) in [7, 11) is 0. The second kappa shape index (κ2) is 6.41. The minimum atomic E-state index is -0.683. The Balaban J connectivity index is 2.08. The van der Waals surface area contributed by atoms with Crippen LogP contribution in [0.4, 0.5) is 0 Å². The lowest BCUT2D eigenvalue weighted by atomic mass is 9.78. The average molecular weight is 306 g/mol. The van der Waals surface area contributed by atoms with Crippen molar-refractivity contribution in [3.63, 3.8) is 0 Å². The van der Waals surface area contributed by atoms with E-state index in [9.17, 15) is 9.90 Å². The Morgan fingerprint density at radius 3 is 1.83 bits per heavy atom. The lowest BCUT2D eigenvalue weighted by Crippen LogP contribution is -2.18. The van der Waals surface area contributed by atoms with Crippen LogP contribution >= 0.6 is 0 Å². The lowest BCUT2D eigenvalue weighted by Gasteiger charge is -2.26. The van der Waals surface area contributed by atoms with Crippen molar-refractivity contribution >= 4 is 17.1 Å². The van der Waals surface area contributed by atoms with Gasteiger partial charge in [0.15, 0.2) is 0 Å². The maximum Gasteiger partial charge on any atom is 0.306 e.